The van der Waals surface area contributed by atoms with Crippen LogP contribution in [-0.2, 0) is 23.7 Å². The lowest BCUT2D eigenvalue weighted by Crippen LogP contribution is -2.65. The Morgan fingerprint density at radius 1 is 0.529 bits per heavy atom. The first-order valence-electron chi connectivity index (χ1n) is 27.2. The molecular formula is C54H99NO13. The molecule has 0 aromatic carbocycles. The third kappa shape index (κ3) is 27.1. The Hall–Kier alpha value is -1.79. The molecule has 0 bridgehead atoms. The quantitative estimate of drug-likeness (QED) is 0.0210. The van der Waals surface area contributed by atoms with Gasteiger partial charge in [0.25, 0.3) is 0 Å². The maximum Gasteiger partial charge on any atom is 0.220 e. The van der Waals surface area contributed by atoms with E-state index in [-0.39, 0.29) is 18.9 Å². The molecule has 2 fully saturated rings. The van der Waals surface area contributed by atoms with Crippen LogP contribution in [0.3, 0.4) is 0 Å². The van der Waals surface area contributed by atoms with Crippen LogP contribution < -0.4 is 5.32 Å². The molecule has 0 spiro atoms. The molecule has 0 saturated carbocycles. The Labute approximate surface area is 411 Å². The first-order valence-corrected chi connectivity index (χ1v) is 27.2. The fourth-order valence-electron chi connectivity index (χ4n) is 8.85. The minimum Gasteiger partial charge on any atom is -0.394 e. The van der Waals surface area contributed by atoms with Gasteiger partial charge in [0, 0.05) is 6.42 Å². The molecule has 12 unspecified atom stereocenters. The third-order valence-corrected chi connectivity index (χ3v) is 13.3. The summed E-state index contributed by atoms with van der Waals surface area (Å²) in [5.41, 5.74) is 0. The largest absolute Gasteiger partial charge is 0.394 e. The molecular weight excluding hydrogens is 871 g/mol. The number of amides is 1. The molecule has 1 amide bonds. The van der Waals surface area contributed by atoms with E-state index in [1.807, 2.05) is 6.08 Å². The van der Waals surface area contributed by atoms with Crippen LogP contribution in [0.5, 0.6) is 0 Å². The van der Waals surface area contributed by atoms with E-state index in [0.717, 1.165) is 57.8 Å². The van der Waals surface area contributed by atoms with Crippen molar-refractivity contribution in [3.63, 3.8) is 0 Å². The fourth-order valence-corrected chi connectivity index (χ4v) is 8.85. The molecule has 2 aliphatic rings. The minimum absolute atomic E-state index is 0.248. The molecule has 14 heteroatoms. The topological polar surface area (TPSA) is 228 Å². The second-order valence-corrected chi connectivity index (χ2v) is 19.4. The standard InChI is InChI=1S/C54H99NO13/c1-3-5-7-9-11-13-15-17-19-21-22-24-26-28-30-32-34-36-38-46(59)55-42(43(58)37-35-33-31-29-27-25-23-20-18-16-14-12-10-8-6-4-2)41-65-53-51(64)49(62)52(45(40-57)67-53)68-54-50(63)48(61)47(60)44(39-56)66-54/h13,15,19,21,35,37,42-45,47-54,56-58,60-64H,3-12,14,16-18,20,22-34,36,38-41H2,1-2H3,(H,55,59)/b15-13-,21-19-,37-35+. The molecule has 2 aliphatic heterocycles. The summed E-state index contributed by atoms with van der Waals surface area (Å²) in [6, 6.07) is -0.917. The molecule has 0 radical (unpaired) electrons. The summed E-state index contributed by atoms with van der Waals surface area (Å²) >= 11 is 0. The van der Waals surface area contributed by atoms with Gasteiger partial charge in [0.1, 0.15) is 48.8 Å². The van der Waals surface area contributed by atoms with Crippen molar-refractivity contribution in [1.82, 2.24) is 5.32 Å². The first kappa shape index (κ1) is 62.3. The fraction of sp³-hybridized carbons (Fsp3) is 0.870. The number of rotatable bonds is 42. The third-order valence-electron chi connectivity index (χ3n) is 13.3. The predicted octanol–water partition coefficient (Wildman–Crippen LogP) is 7.88. The zero-order chi connectivity index (χ0) is 49.6. The van der Waals surface area contributed by atoms with E-state index in [9.17, 15) is 45.6 Å². The van der Waals surface area contributed by atoms with Gasteiger partial charge < -0.3 is 65.1 Å². The second kappa shape index (κ2) is 40.8. The maximum absolute atomic E-state index is 13.2. The predicted molar refractivity (Wildman–Crippen MR) is 268 cm³/mol. The molecule has 9 N–H and O–H groups in total. The van der Waals surface area contributed by atoms with Crippen LogP contribution in [0.4, 0.5) is 0 Å². The van der Waals surface area contributed by atoms with Crippen LogP contribution in [0.25, 0.3) is 0 Å². The Morgan fingerprint density at radius 2 is 0.971 bits per heavy atom. The lowest BCUT2D eigenvalue weighted by Gasteiger charge is -2.46. The van der Waals surface area contributed by atoms with Crippen LogP contribution in [-0.4, -0.2) is 140 Å². The summed E-state index contributed by atoms with van der Waals surface area (Å²) in [4.78, 5) is 13.2. The van der Waals surface area contributed by atoms with E-state index in [1.165, 1.54) is 122 Å². The number of ether oxygens (including phenoxy) is 4. The van der Waals surface area contributed by atoms with Crippen molar-refractivity contribution in [1.29, 1.82) is 0 Å². The van der Waals surface area contributed by atoms with Gasteiger partial charge in [-0.25, -0.2) is 0 Å². The minimum atomic E-state index is -1.79. The highest BCUT2D eigenvalue weighted by Gasteiger charge is 2.51. The summed E-state index contributed by atoms with van der Waals surface area (Å²) in [5, 5.41) is 86.9. The zero-order valence-corrected chi connectivity index (χ0v) is 42.3. The van der Waals surface area contributed by atoms with Gasteiger partial charge in [0.05, 0.1) is 32.0 Å². The van der Waals surface area contributed by atoms with Gasteiger partial charge in [-0.15, -0.1) is 0 Å². The Balaban J connectivity index is 1.83. The molecule has 2 heterocycles. The number of allylic oxidation sites excluding steroid dienone is 5. The molecule has 0 aromatic heterocycles. The monoisotopic (exact) mass is 970 g/mol. The lowest BCUT2D eigenvalue weighted by molar-refractivity contribution is -0.359. The van der Waals surface area contributed by atoms with Crippen LogP contribution >= 0.6 is 0 Å². The maximum atomic E-state index is 13.2. The first-order chi connectivity index (χ1) is 33.1. The lowest BCUT2D eigenvalue weighted by atomic mass is 9.97. The van der Waals surface area contributed by atoms with Crippen LogP contribution in [0, 0.1) is 0 Å². The van der Waals surface area contributed by atoms with E-state index in [1.54, 1.807) is 6.08 Å². The summed E-state index contributed by atoms with van der Waals surface area (Å²) < 4.78 is 22.7. The van der Waals surface area contributed by atoms with Gasteiger partial charge in [0.15, 0.2) is 12.6 Å². The number of unbranched alkanes of at least 4 members (excludes halogenated alkanes) is 25. The SMILES string of the molecule is CCCCCC/C=C\C/C=C\CCCCCCCCCC(=O)NC(COC1OC(CO)C(OC2OC(CO)C(O)C(O)C2O)C(O)C1O)C(O)/C=C/CCCCCCCCCCCCCCCC. The molecule has 68 heavy (non-hydrogen) atoms. The molecule has 2 rings (SSSR count). The molecule has 14 nitrogen and oxygen atoms in total. The van der Waals surface area contributed by atoms with E-state index in [2.05, 4.69) is 43.5 Å². The number of nitrogens with one attached hydrogen (secondary N) is 1. The number of hydrogen-bond acceptors (Lipinski definition) is 13. The zero-order valence-electron chi connectivity index (χ0n) is 42.3. The summed E-state index contributed by atoms with van der Waals surface area (Å²) in [5.74, 6) is -0.248. The van der Waals surface area contributed by atoms with Gasteiger partial charge in [-0.2, -0.15) is 0 Å². The molecule has 12 atom stereocenters. The highest BCUT2D eigenvalue weighted by atomic mass is 16.7. The van der Waals surface area contributed by atoms with Gasteiger partial charge in [0.2, 0.25) is 5.91 Å². The molecule has 0 aromatic rings. The Kier molecular flexibility index (Phi) is 37.4. The van der Waals surface area contributed by atoms with E-state index >= 15 is 0 Å². The van der Waals surface area contributed by atoms with Crippen molar-refractivity contribution in [3.05, 3.63) is 36.5 Å². The Morgan fingerprint density at radius 3 is 1.49 bits per heavy atom. The summed E-state index contributed by atoms with van der Waals surface area (Å²) in [6.07, 6.45) is 30.3. The van der Waals surface area contributed by atoms with Gasteiger partial charge >= 0.3 is 0 Å². The smallest absolute Gasteiger partial charge is 0.220 e. The number of aliphatic hydroxyl groups is 8. The van der Waals surface area contributed by atoms with Crippen LogP contribution in [0.1, 0.15) is 206 Å². The average Bonchev–Trinajstić information content (AvgIpc) is 3.34. The van der Waals surface area contributed by atoms with E-state index in [0.29, 0.717) is 6.42 Å². The Bertz CT molecular complexity index is 1280. The van der Waals surface area contributed by atoms with E-state index in [4.69, 9.17) is 18.9 Å². The number of aliphatic hydroxyl groups excluding tert-OH is 8. The van der Waals surface area contributed by atoms with Gasteiger partial charge in [-0.1, -0.05) is 185 Å². The van der Waals surface area contributed by atoms with Crippen molar-refractivity contribution >= 4 is 5.91 Å². The van der Waals surface area contributed by atoms with E-state index < -0.39 is 86.8 Å². The van der Waals surface area contributed by atoms with Gasteiger partial charge in [-0.05, 0) is 51.4 Å². The summed E-state index contributed by atoms with van der Waals surface area (Å²) in [6.45, 7) is 2.77. The average molecular weight is 970 g/mol. The number of hydrogen-bond donors (Lipinski definition) is 9. The molecule has 398 valence electrons. The second-order valence-electron chi connectivity index (χ2n) is 19.4. The molecule has 0 aliphatic carbocycles. The summed E-state index contributed by atoms with van der Waals surface area (Å²) in [7, 11) is 0. The highest BCUT2D eigenvalue weighted by molar-refractivity contribution is 5.76. The van der Waals surface area contributed by atoms with Crippen molar-refractivity contribution in [3.8, 4) is 0 Å². The van der Waals surface area contributed by atoms with Crippen molar-refractivity contribution in [2.75, 3.05) is 19.8 Å². The number of carbonyl (C=O) groups is 1. The van der Waals surface area contributed by atoms with Crippen LogP contribution in [0.15, 0.2) is 36.5 Å². The van der Waals surface area contributed by atoms with Crippen molar-refractivity contribution in [2.24, 2.45) is 0 Å². The normalized spacial score (nSPS) is 26.6. The molecule has 2 saturated heterocycles. The van der Waals surface area contributed by atoms with Crippen molar-refractivity contribution in [2.45, 2.75) is 280 Å². The van der Waals surface area contributed by atoms with Crippen molar-refractivity contribution < 1.29 is 64.6 Å². The number of carbonyl (C=O) groups excluding carboxylic acids is 1. The van der Waals surface area contributed by atoms with Gasteiger partial charge in [-0.3, -0.25) is 4.79 Å². The highest BCUT2D eigenvalue weighted by Crippen LogP contribution is 2.30. The van der Waals surface area contributed by atoms with Crippen LogP contribution in [0.2, 0.25) is 0 Å².